The van der Waals surface area contributed by atoms with Crippen LogP contribution in [0.2, 0.25) is 0 Å². The fraction of sp³-hybridized carbons (Fsp3) is 0.409. The molecule has 2 aromatic carbocycles. The molecule has 0 aromatic heterocycles. The van der Waals surface area contributed by atoms with Crippen LogP contribution in [0.5, 0.6) is 5.75 Å². The first-order chi connectivity index (χ1) is 12.5. The minimum Gasteiger partial charge on any atom is -0.507 e. The van der Waals surface area contributed by atoms with E-state index in [1.807, 2.05) is 12.1 Å². The maximum atomic E-state index is 13.4. The van der Waals surface area contributed by atoms with Crippen molar-refractivity contribution in [3.8, 4) is 22.9 Å². The van der Waals surface area contributed by atoms with Crippen molar-refractivity contribution in [1.29, 1.82) is 5.26 Å². The molecule has 0 spiro atoms. The van der Waals surface area contributed by atoms with Gasteiger partial charge in [-0.25, -0.2) is 4.39 Å². The van der Waals surface area contributed by atoms with Gasteiger partial charge in [0, 0.05) is 18.5 Å². The van der Waals surface area contributed by atoms with E-state index in [1.165, 1.54) is 12.1 Å². The minimum atomic E-state index is -0.309. The average Bonchev–Trinajstić information content (AvgIpc) is 2.64. The van der Waals surface area contributed by atoms with Gasteiger partial charge in [0.1, 0.15) is 11.6 Å². The van der Waals surface area contributed by atoms with Crippen LogP contribution in [0.15, 0.2) is 42.5 Å². The van der Waals surface area contributed by atoms with E-state index in [9.17, 15) is 9.50 Å². The summed E-state index contributed by atoms with van der Waals surface area (Å²) in [6.07, 6.45) is 3.78. The van der Waals surface area contributed by atoms with Crippen LogP contribution in [0, 0.1) is 22.6 Å². The molecule has 0 amide bonds. The number of piperidine rings is 1. The Bertz CT molecular complexity index is 804. The Balaban J connectivity index is 1.67. The van der Waals surface area contributed by atoms with E-state index in [1.54, 1.807) is 18.2 Å². The minimum absolute atomic E-state index is 0.175. The van der Waals surface area contributed by atoms with Crippen molar-refractivity contribution in [3.05, 3.63) is 53.8 Å². The maximum absolute atomic E-state index is 13.4. The van der Waals surface area contributed by atoms with E-state index in [2.05, 4.69) is 17.9 Å². The van der Waals surface area contributed by atoms with Crippen LogP contribution in [0.1, 0.15) is 38.2 Å². The second-order valence-electron chi connectivity index (χ2n) is 7.33. The fourth-order valence-corrected chi connectivity index (χ4v) is 3.84. The van der Waals surface area contributed by atoms with Crippen LogP contribution in [0.25, 0.3) is 11.1 Å². The normalized spacial score (nSPS) is 17.0. The number of benzene rings is 2. The number of nitriles is 1. The summed E-state index contributed by atoms with van der Waals surface area (Å²) in [5, 5.41) is 19.4. The lowest BCUT2D eigenvalue weighted by Crippen LogP contribution is -2.39. The van der Waals surface area contributed by atoms with Gasteiger partial charge >= 0.3 is 0 Å². The molecule has 1 aliphatic rings. The maximum Gasteiger partial charge on any atom is 0.123 e. The molecule has 1 heterocycles. The zero-order valence-electron chi connectivity index (χ0n) is 15.2. The largest absolute Gasteiger partial charge is 0.507 e. The highest BCUT2D eigenvalue weighted by molar-refractivity contribution is 5.70. The first kappa shape index (κ1) is 18.4. The molecule has 0 unspecified atom stereocenters. The molecule has 1 N–H and O–H groups in total. The summed E-state index contributed by atoms with van der Waals surface area (Å²) < 4.78 is 13.4. The number of halogens is 1. The van der Waals surface area contributed by atoms with Gasteiger partial charge in [-0.2, -0.15) is 5.26 Å². The number of aromatic hydroxyl groups is 1. The Morgan fingerprint density at radius 2 is 1.96 bits per heavy atom. The van der Waals surface area contributed by atoms with Crippen LogP contribution in [-0.4, -0.2) is 23.1 Å². The fourth-order valence-electron chi connectivity index (χ4n) is 3.84. The Morgan fingerprint density at radius 1 is 1.19 bits per heavy atom. The summed E-state index contributed by atoms with van der Waals surface area (Å²) in [5.41, 5.74) is 2.54. The van der Waals surface area contributed by atoms with Crippen molar-refractivity contribution in [3.63, 3.8) is 0 Å². The monoisotopic (exact) mass is 352 g/mol. The number of hydrogen-bond donors (Lipinski definition) is 1. The predicted octanol–water partition coefficient (Wildman–Crippen LogP) is 5.10. The molecule has 0 atom stereocenters. The number of hydrogen-bond acceptors (Lipinski definition) is 3. The Morgan fingerprint density at radius 3 is 2.58 bits per heavy atom. The number of phenolic OH excluding ortho intramolecular Hbond substituents is 1. The molecule has 3 nitrogen and oxygen atoms in total. The van der Waals surface area contributed by atoms with Crippen molar-refractivity contribution >= 4 is 0 Å². The van der Waals surface area contributed by atoms with Gasteiger partial charge in [0.2, 0.25) is 0 Å². The lowest BCUT2D eigenvalue weighted by Gasteiger charge is -2.40. The molecule has 0 saturated carbocycles. The highest BCUT2D eigenvalue weighted by Gasteiger charge is 2.32. The predicted molar refractivity (Wildman–Crippen MR) is 101 cm³/mol. The summed E-state index contributed by atoms with van der Waals surface area (Å²) in [6.45, 7) is 4.91. The number of phenols is 1. The van der Waals surface area contributed by atoms with Crippen molar-refractivity contribution < 1.29 is 9.50 Å². The molecule has 1 fully saturated rings. The Labute approximate surface area is 154 Å². The van der Waals surface area contributed by atoms with Gasteiger partial charge in [-0.1, -0.05) is 31.2 Å². The highest BCUT2D eigenvalue weighted by Crippen LogP contribution is 2.38. The Hall–Kier alpha value is -2.38. The van der Waals surface area contributed by atoms with Gasteiger partial charge in [0.05, 0.1) is 6.07 Å². The van der Waals surface area contributed by atoms with Crippen LogP contribution >= 0.6 is 0 Å². The van der Waals surface area contributed by atoms with Crippen molar-refractivity contribution in [1.82, 2.24) is 4.90 Å². The quantitative estimate of drug-likeness (QED) is 0.814. The topological polar surface area (TPSA) is 47.3 Å². The van der Waals surface area contributed by atoms with Gasteiger partial charge in [0.25, 0.3) is 0 Å². The zero-order chi connectivity index (χ0) is 18.6. The standard InChI is InChI=1S/C22H25FN2O/c1-2-22(8-11-24)9-12-25(13-10-22)16-17-6-7-20(21(26)14-17)18-4-3-5-19(23)15-18/h3-7,14-15,26H,2,8-10,12-13,16H2,1H3. The molecular formula is C22H25FN2O. The molecule has 0 radical (unpaired) electrons. The van der Waals surface area contributed by atoms with E-state index in [4.69, 9.17) is 5.26 Å². The lowest BCUT2D eigenvalue weighted by atomic mass is 9.74. The lowest BCUT2D eigenvalue weighted by molar-refractivity contribution is 0.0979. The van der Waals surface area contributed by atoms with Gasteiger partial charge in [0.15, 0.2) is 0 Å². The first-order valence-electron chi connectivity index (χ1n) is 9.22. The van der Waals surface area contributed by atoms with Gasteiger partial charge in [-0.3, -0.25) is 4.90 Å². The number of rotatable bonds is 5. The molecule has 2 aromatic rings. The average molecular weight is 352 g/mol. The van der Waals surface area contributed by atoms with Crippen molar-refractivity contribution in [2.45, 2.75) is 39.2 Å². The first-order valence-corrected chi connectivity index (χ1v) is 9.22. The summed E-state index contributed by atoms with van der Waals surface area (Å²) in [7, 11) is 0. The van der Waals surface area contributed by atoms with E-state index in [0.717, 1.165) is 44.5 Å². The van der Waals surface area contributed by atoms with Crippen molar-refractivity contribution in [2.24, 2.45) is 5.41 Å². The van der Waals surface area contributed by atoms with E-state index >= 15 is 0 Å². The third-order valence-corrected chi connectivity index (χ3v) is 5.72. The molecule has 136 valence electrons. The van der Waals surface area contributed by atoms with E-state index in [0.29, 0.717) is 17.5 Å². The zero-order valence-corrected chi connectivity index (χ0v) is 15.2. The molecule has 0 aliphatic carbocycles. The second-order valence-corrected chi connectivity index (χ2v) is 7.33. The van der Waals surface area contributed by atoms with Crippen LogP contribution in [-0.2, 0) is 6.54 Å². The van der Waals surface area contributed by atoms with Gasteiger partial charge in [-0.05, 0) is 67.1 Å². The summed E-state index contributed by atoms with van der Waals surface area (Å²) >= 11 is 0. The van der Waals surface area contributed by atoms with Crippen molar-refractivity contribution in [2.75, 3.05) is 13.1 Å². The van der Waals surface area contributed by atoms with E-state index in [-0.39, 0.29) is 17.0 Å². The number of nitrogens with zero attached hydrogens (tertiary/aromatic N) is 2. The molecule has 26 heavy (non-hydrogen) atoms. The SMILES string of the molecule is CCC1(CC#N)CCN(Cc2ccc(-c3cccc(F)c3)c(O)c2)CC1. The molecule has 4 heteroatoms. The summed E-state index contributed by atoms with van der Waals surface area (Å²) in [6, 6.07) is 14.2. The van der Waals surface area contributed by atoms with Gasteiger partial charge < -0.3 is 5.11 Å². The molecular weight excluding hydrogens is 327 g/mol. The van der Waals surface area contributed by atoms with Crippen LogP contribution in [0.3, 0.4) is 0 Å². The summed E-state index contributed by atoms with van der Waals surface area (Å²) in [5.74, 6) is -0.131. The summed E-state index contributed by atoms with van der Waals surface area (Å²) in [4.78, 5) is 2.38. The molecule has 1 aliphatic heterocycles. The molecule has 0 bridgehead atoms. The third-order valence-electron chi connectivity index (χ3n) is 5.72. The Kier molecular flexibility index (Phi) is 5.58. The third kappa shape index (κ3) is 4.05. The van der Waals surface area contributed by atoms with Gasteiger partial charge in [-0.15, -0.1) is 0 Å². The number of likely N-dealkylation sites (tertiary alicyclic amines) is 1. The van der Waals surface area contributed by atoms with Crippen LogP contribution < -0.4 is 0 Å². The second kappa shape index (κ2) is 7.88. The highest BCUT2D eigenvalue weighted by atomic mass is 19.1. The van der Waals surface area contributed by atoms with Crippen LogP contribution in [0.4, 0.5) is 4.39 Å². The van der Waals surface area contributed by atoms with E-state index < -0.39 is 0 Å². The smallest absolute Gasteiger partial charge is 0.123 e. The molecule has 1 saturated heterocycles. The molecule has 3 rings (SSSR count).